The maximum absolute atomic E-state index is 11.6. The molecule has 0 saturated heterocycles. The largest absolute Gasteiger partial charge is 0.478 e. The van der Waals surface area contributed by atoms with E-state index in [4.69, 9.17) is 5.11 Å². The molecular formula is C16H10O8. The Hall–Kier alpha value is -3.68. The van der Waals surface area contributed by atoms with Gasteiger partial charge in [0, 0.05) is 0 Å². The Kier molecular flexibility index (Phi) is 4.32. The number of hydrogen-bond acceptors (Lipinski definition) is 4. The molecule has 122 valence electrons. The normalized spacial score (nSPS) is 10.2. The molecule has 0 atom stereocenters. The predicted octanol–water partition coefficient (Wildman–Crippen LogP) is 2.15. The summed E-state index contributed by atoms with van der Waals surface area (Å²) < 4.78 is 0. The maximum atomic E-state index is 11.6. The second kappa shape index (κ2) is 6.21. The quantitative estimate of drug-likeness (QED) is 0.651. The molecule has 0 bridgehead atoms. The van der Waals surface area contributed by atoms with Crippen LogP contribution in [0.3, 0.4) is 0 Å². The summed E-state index contributed by atoms with van der Waals surface area (Å²) in [5, 5.41) is 36.9. The molecule has 8 nitrogen and oxygen atoms in total. The Bertz CT molecular complexity index is 882. The highest BCUT2D eigenvalue weighted by Crippen LogP contribution is 2.31. The highest BCUT2D eigenvalue weighted by Gasteiger charge is 2.28. The summed E-state index contributed by atoms with van der Waals surface area (Å²) in [5.41, 5.74) is -2.84. The van der Waals surface area contributed by atoms with Gasteiger partial charge >= 0.3 is 23.9 Å². The molecule has 0 aromatic heterocycles. The van der Waals surface area contributed by atoms with Crippen LogP contribution in [0.1, 0.15) is 41.4 Å². The van der Waals surface area contributed by atoms with Gasteiger partial charge in [-0.05, 0) is 23.3 Å². The number of benzene rings is 2. The van der Waals surface area contributed by atoms with Crippen molar-refractivity contribution in [3.05, 3.63) is 58.7 Å². The Balaban J connectivity index is 2.94. The van der Waals surface area contributed by atoms with Gasteiger partial charge < -0.3 is 20.4 Å². The third-order valence-electron chi connectivity index (χ3n) is 3.31. The van der Waals surface area contributed by atoms with Gasteiger partial charge in [0.05, 0.1) is 22.3 Å². The van der Waals surface area contributed by atoms with Gasteiger partial charge in [-0.15, -0.1) is 0 Å². The van der Waals surface area contributed by atoms with E-state index < -0.39 is 40.6 Å². The van der Waals surface area contributed by atoms with Crippen LogP contribution in [0.15, 0.2) is 36.4 Å². The summed E-state index contributed by atoms with van der Waals surface area (Å²) in [6.45, 7) is 0. The molecule has 2 aromatic carbocycles. The SMILES string of the molecule is O=C(O)c1ccccc1-c1ccc(C(=O)O)c(C(=O)O)c1C(=O)O. The average molecular weight is 330 g/mol. The van der Waals surface area contributed by atoms with Crippen LogP contribution in [0, 0.1) is 0 Å². The van der Waals surface area contributed by atoms with Crippen molar-refractivity contribution in [2.24, 2.45) is 0 Å². The van der Waals surface area contributed by atoms with Crippen LogP contribution in [0.2, 0.25) is 0 Å². The standard InChI is InChI=1S/C16H10O8/c17-13(18)9-4-2-1-3-7(9)8-5-6-10(14(19)20)12(16(23)24)11(8)15(21)22/h1-6H,(H,17,18)(H,19,20)(H,21,22)(H,23,24). The van der Waals surface area contributed by atoms with E-state index in [1.807, 2.05) is 0 Å². The van der Waals surface area contributed by atoms with E-state index >= 15 is 0 Å². The fourth-order valence-electron chi connectivity index (χ4n) is 2.35. The first kappa shape index (κ1) is 16.7. The van der Waals surface area contributed by atoms with Gasteiger partial charge in [0.25, 0.3) is 0 Å². The maximum Gasteiger partial charge on any atom is 0.337 e. The number of carboxylic acid groups (broad SMARTS) is 4. The van der Waals surface area contributed by atoms with Crippen molar-refractivity contribution in [2.45, 2.75) is 0 Å². The van der Waals surface area contributed by atoms with Crippen LogP contribution in [0.5, 0.6) is 0 Å². The summed E-state index contributed by atoms with van der Waals surface area (Å²) in [6, 6.07) is 7.45. The van der Waals surface area contributed by atoms with Crippen LogP contribution in [0.4, 0.5) is 0 Å². The Labute approximate surface area is 134 Å². The molecule has 0 aliphatic rings. The highest BCUT2D eigenvalue weighted by molar-refractivity contribution is 6.13. The summed E-state index contributed by atoms with van der Waals surface area (Å²) in [7, 11) is 0. The van der Waals surface area contributed by atoms with E-state index in [1.165, 1.54) is 24.3 Å². The minimum absolute atomic E-state index is 0.0261. The number of carbonyl (C=O) groups is 4. The highest BCUT2D eigenvalue weighted by atomic mass is 16.4. The first-order valence-electron chi connectivity index (χ1n) is 6.45. The predicted molar refractivity (Wildman–Crippen MR) is 79.7 cm³/mol. The van der Waals surface area contributed by atoms with E-state index in [0.717, 1.165) is 12.1 Å². The van der Waals surface area contributed by atoms with Gasteiger partial charge in [-0.25, -0.2) is 19.2 Å². The lowest BCUT2D eigenvalue weighted by Crippen LogP contribution is -2.16. The first-order chi connectivity index (χ1) is 11.3. The topological polar surface area (TPSA) is 149 Å². The average Bonchev–Trinajstić information content (AvgIpc) is 2.52. The minimum atomic E-state index is -1.74. The smallest absolute Gasteiger partial charge is 0.337 e. The van der Waals surface area contributed by atoms with Crippen LogP contribution >= 0.6 is 0 Å². The molecule has 0 radical (unpaired) electrons. The molecule has 0 unspecified atom stereocenters. The number of hydrogen-bond donors (Lipinski definition) is 4. The zero-order valence-corrected chi connectivity index (χ0v) is 11.9. The van der Waals surface area contributed by atoms with Crippen molar-refractivity contribution < 1.29 is 39.6 Å². The molecule has 2 rings (SSSR count). The Morgan fingerprint density at radius 3 is 1.58 bits per heavy atom. The molecule has 0 amide bonds. The van der Waals surface area contributed by atoms with Gasteiger partial charge in [-0.1, -0.05) is 24.3 Å². The van der Waals surface area contributed by atoms with Crippen molar-refractivity contribution in [2.75, 3.05) is 0 Å². The molecule has 2 aromatic rings. The summed E-state index contributed by atoms with van der Waals surface area (Å²) in [4.78, 5) is 45.5. The van der Waals surface area contributed by atoms with Gasteiger partial charge in [-0.3, -0.25) is 0 Å². The summed E-state index contributed by atoms with van der Waals surface area (Å²) in [5.74, 6) is -6.35. The lowest BCUT2D eigenvalue weighted by atomic mass is 9.89. The van der Waals surface area contributed by atoms with Gasteiger partial charge in [-0.2, -0.15) is 0 Å². The molecule has 0 saturated carbocycles. The summed E-state index contributed by atoms with van der Waals surface area (Å²) in [6.07, 6.45) is 0. The van der Waals surface area contributed by atoms with Crippen LogP contribution < -0.4 is 0 Å². The molecule has 0 spiro atoms. The van der Waals surface area contributed by atoms with Crippen molar-refractivity contribution in [3.8, 4) is 11.1 Å². The summed E-state index contributed by atoms with van der Waals surface area (Å²) >= 11 is 0. The Morgan fingerprint density at radius 2 is 1.08 bits per heavy atom. The fourth-order valence-corrected chi connectivity index (χ4v) is 2.35. The molecule has 24 heavy (non-hydrogen) atoms. The molecule has 0 fully saturated rings. The fraction of sp³-hybridized carbons (Fsp3) is 0. The molecular weight excluding hydrogens is 320 g/mol. The number of aromatic carboxylic acids is 4. The zero-order chi connectivity index (χ0) is 18.0. The van der Waals surface area contributed by atoms with E-state index in [1.54, 1.807) is 0 Å². The third kappa shape index (κ3) is 2.80. The van der Waals surface area contributed by atoms with E-state index in [-0.39, 0.29) is 16.7 Å². The van der Waals surface area contributed by atoms with E-state index in [9.17, 15) is 34.5 Å². The van der Waals surface area contributed by atoms with Gasteiger partial charge in [0.1, 0.15) is 0 Å². The van der Waals surface area contributed by atoms with Crippen LogP contribution in [0.25, 0.3) is 11.1 Å². The molecule has 0 heterocycles. The lowest BCUT2D eigenvalue weighted by molar-refractivity contribution is 0.0633. The molecule has 0 aliphatic carbocycles. The van der Waals surface area contributed by atoms with Crippen molar-refractivity contribution >= 4 is 23.9 Å². The van der Waals surface area contributed by atoms with Crippen molar-refractivity contribution in [3.63, 3.8) is 0 Å². The van der Waals surface area contributed by atoms with Crippen LogP contribution in [-0.2, 0) is 0 Å². The van der Waals surface area contributed by atoms with Gasteiger partial charge in [0.15, 0.2) is 0 Å². The number of carboxylic acids is 4. The molecule has 8 heteroatoms. The first-order valence-corrected chi connectivity index (χ1v) is 6.45. The van der Waals surface area contributed by atoms with Crippen molar-refractivity contribution in [1.82, 2.24) is 0 Å². The molecule has 4 N–H and O–H groups in total. The zero-order valence-electron chi connectivity index (χ0n) is 11.9. The van der Waals surface area contributed by atoms with Crippen molar-refractivity contribution in [1.29, 1.82) is 0 Å². The minimum Gasteiger partial charge on any atom is -0.478 e. The lowest BCUT2D eigenvalue weighted by Gasteiger charge is -2.13. The van der Waals surface area contributed by atoms with Gasteiger partial charge in [0.2, 0.25) is 0 Å². The second-order valence-electron chi connectivity index (χ2n) is 4.68. The third-order valence-corrected chi connectivity index (χ3v) is 3.31. The van der Waals surface area contributed by atoms with E-state index in [0.29, 0.717) is 0 Å². The monoisotopic (exact) mass is 330 g/mol. The molecule has 0 aliphatic heterocycles. The number of rotatable bonds is 5. The second-order valence-corrected chi connectivity index (χ2v) is 4.68. The van der Waals surface area contributed by atoms with E-state index in [2.05, 4.69) is 0 Å². The van der Waals surface area contributed by atoms with Crippen LogP contribution in [-0.4, -0.2) is 44.3 Å². The Morgan fingerprint density at radius 1 is 0.542 bits per heavy atom.